The molecule has 100 valence electrons. The molecule has 1 fully saturated rings. The Morgan fingerprint density at radius 2 is 2.22 bits per heavy atom. The smallest absolute Gasteiger partial charge is 0.255 e. The molecule has 1 saturated carbocycles. The highest BCUT2D eigenvalue weighted by Crippen LogP contribution is 2.25. The average Bonchev–Trinajstić information content (AvgIpc) is 2.77. The Hall–Kier alpha value is -1.29. The van der Waals surface area contributed by atoms with Crippen molar-refractivity contribution in [2.24, 2.45) is 5.92 Å². The molecule has 0 spiro atoms. The number of carbonyl (C=O) groups is 1. The maximum atomic E-state index is 12.2. The van der Waals surface area contributed by atoms with Crippen LogP contribution < -0.4 is 0 Å². The van der Waals surface area contributed by atoms with Gasteiger partial charge in [0.2, 0.25) is 0 Å². The molecule has 0 radical (unpaired) electrons. The molecule has 1 aromatic rings. The van der Waals surface area contributed by atoms with E-state index in [1.54, 1.807) is 11.1 Å². The SMILES string of the molecule is Cc1[nH]ccc1C(=O)N(C)CC1CCCCC1O. The van der Waals surface area contributed by atoms with E-state index >= 15 is 0 Å². The summed E-state index contributed by atoms with van der Waals surface area (Å²) in [7, 11) is 1.82. The number of H-pyrrole nitrogens is 1. The Morgan fingerprint density at radius 3 is 2.83 bits per heavy atom. The van der Waals surface area contributed by atoms with Gasteiger partial charge in [0, 0.05) is 31.4 Å². The molecule has 1 aromatic heterocycles. The zero-order valence-electron chi connectivity index (χ0n) is 11.1. The Bertz CT molecular complexity index is 414. The fourth-order valence-corrected chi connectivity index (χ4v) is 2.73. The molecular formula is C14H22N2O2. The summed E-state index contributed by atoms with van der Waals surface area (Å²) in [5.41, 5.74) is 1.62. The molecular weight excluding hydrogens is 228 g/mol. The molecule has 0 saturated heterocycles. The van der Waals surface area contributed by atoms with E-state index in [9.17, 15) is 9.90 Å². The van der Waals surface area contributed by atoms with Crippen molar-refractivity contribution in [3.63, 3.8) is 0 Å². The minimum absolute atomic E-state index is 0.0338. The van der Waals surface area contributed by atoms with Crippen LogP contribution in [-0.2, 0) is 0 Å². The van der Waals surface area contributed by atoms with Crippen molar-refractivity contribution in [1.29, 1.82) is 0 Å². The summed E-state index contributed by atoms with van der Waals surface area (Å²) in [4.78, 5) is 17.0. The maximum absolute atomic E-state index is 12.2. The highest BCUT2D eigenvalue weighted by Gasteiger charge is 2.26. The topological polar surface area (TPSA) is 56.3 Å². The lowest BCUT2D eigenvalue weighted by Crippen LogP contribution is -2.38. The largest absolute Gasteiger partial charge is 0.393 e. The molecule has 2 atom stereocenters. The molecule has 4 heteroatoms. The summed E-state index contributed by atoms with van der Waals surface area (Å²) in [6.45, 7) is 2.54. The van der Waals surface area contributed by atoms with Crippen LogP contribution in [0.1, 0.15) is 41.7 Å². The first kappa shape index (κ1) is 13.1. The summed E-state index contributed by atoms with van der Waals surface area (Å²) in [5, 5.41) is 9.94. The van der Waals surface area contributed by atoms with Gasteiger partial charge in [0.15, 0.2) is 0 Å². The Labute approximate surface area is 108 Å². The first-order valence-corrected chi connectivity index (χ1v) is 6.67. The fraction of sp³-hybridized carbons (Fsp3) is 0.643. The number of aliphatic hydroxyl groups excluding tert-OH is 1. The van der Waals surface area contributed by atoms with Crippen LogP contribution in [0.3, 0.4) is 0 Å². The summed E-state index contributed by atoms with van der Waals surface area (Å²) in [6, 6.07) is 1.81. The zero-order valence-corrected chi connectivity index (χ0v) is 11.1. The van der Waals surface area contributed by atoms with Gasteiger partial charge in [-0.15, -0.1) is 0 Å². The molecule has 1 heterocycles. The highest BCUT2D eigenvalue weighted by atomic mass is 16.3. The Kier molecular flexibility index (Phi) is 4.07. The van der Waals surface area contributed by atoms with E-state index in [4.69, 9.17) is 0 Å². The second-order valence-corrected chi connectivity index (χ2v) is 5.31. The average molecular weight is 250 g/mol. The minimum Gasteiger partial charge on any atom is -0.393 e. The van der Waals surface area contributed by atoms with Gasteiger partial charge in [0.1, 0.15) is 0 Å². The molecule has 0 aromatic carbocycles. The quantitative estimate of drug-likeness (QED) is 0.861. The van der Waals surface area contributed by atoms with Crippen molar-refractivity contribution >= 4 is 5.91 Å². The standard InChI is InChI=1S/C14H22N2O2/c1-10-12(7-8-15-10)14(18)16(2)9-11-5-3-4-6-13(11)17/h7-8,11,13,15,17H,3-6,9H2,1-2H3. The second-order valence-electron chi connectivity index (χ2n) is 5.31. The molecule has 1 aliphatic carbocycles. The van der Waals surface area contributed by atoms with Gasteiger partial charge in [0.25, 0.3) is 5.91 Å². The van der Waals surface area contributed by atoms with E-state index in [0.29, 0.717) is 6.54 Å². The lowest BCUT2D eigenvalue weighted by atomic mass is 9.86. The molecule has 4 nitrogen and oxygen atoms in total. The Balaban J connectivity index is 1.97. The second kappa shape index (κ2) is 5.57. The van der Waals surface area contributed by atoms with Crippen molar-refractivity contribution in [3.05, 3.63) is 23.5 Å². The summed E-state index contributed by atoms with van der Waals surface area (Å²) in [5.74, 6) is 0.262. The van der Waals surface area contributed by atoms with Crippen molar-refractivity contribution in [2.45, 2.75) is 38.7 Å². The van der Waals surface area contributed by atoms with Crippen LogP contribution in [0.25, 0.3) is 0 Å². The van der Waals surface area contributed by atoms with Gasteiger partial charge in [-0.3, -0.25) is 4.79 Å². The monoisotopic (exact) mass is 250 g/mol. The van der Waals surface area contributed by atoms with Gasteiger partial charge < -0.3 is 15.0 Å². The first-order valence-electron chi connectivity index (χ1n) is 6.67. The number of hydrogen-bond acceptors (Lipinski definition) is 2. The number of amides is 1. The molecule has 0 aliphatic heterocycles. The number of aliphatic hydroxyl groups is 1. The summed E-state index contributed by atoms with van der Waals surface area (Å²) < 4.78 is 0. The van der Waals surface area contributed by atoms with E-state index in [1.807, 2.05) is 20.0 Å². The third kappa shape index (κ3) is 2.75. The van der Waals surface area contributed by atoms with Crippen molar-refractivity contribution in [3.8, 4) is 0 Å². The van der Waals surface area contributed by atoms with E-state index in [1.165, 1.54) is 0 Å². The molecule has 2 N–H and O–H groups in total. The molecule has 2 rings (SSSR count). The van der Waals surface area contributed by atoms with Crippen LogP contribution in [0.5, 0.6) is 0 Å². The van der Waals surface area contributed by atoms with Crippen LogP contribution >= 0.6 is 0 Å². The minimum atomic E-state index is -0.249. The number of nitrogens with one attached hydrogen (secondary N) is 1. The van der Waals surface area contributed by atoms with E-state index in [0.717, 1.165) is 36.9 Å². The first-order chi connectivity index (χ1) is 8.59. The van der Waals surface area contributed by atoms with E-state index in [2.05, 4.69) is 4.98 Å². The third-order valence-corrected chi connectivity index (χ3v) is 3.91. The normalized spacial score (nSPS) is 23.9. The number of aromatic amines is 1. The van der Waals surface area contributed by atoms with Crippen LogP contribution in [-0.4, -0.2) is 40.6 Å². The van der Waals surface area contributed by atoms with Crippen LogP contribution in [0, 0.1) is 12.8 Å². The van der Waals surface area contributed by atoms with Gasteiger partial charge in [-0.25, -0.2) is 0 Å². The molecule has 0 bridgehead atoms. The number of hydrogen-bond donors (Lipinski definition) is 2. The summed E-state index contributed by atoms with van der Waals surface area (Å²) in [6.07, 6.45) is 5.69. The van der Waals surface area contributed by atoms with E-state index < -0.39 is 0 Å². The van der Waals surface area contributed by atoms with Crippen molar-refractivity contribution in [1.82, 2.24) is 9.88 Å². The van der Waals surface area contributed by atoms with Crippen LogP contribution in [0.15, 0.2) is 12.3 Å². The molecule has 2 unspecified atom stereocenters. The molecule has 1 aliphatic rings. The maximum Gasteiger partial charge on any atom is 0.255 e. The lowest BCUT2D eigenvalue weighted by Gasteiger charge is -2.31. The number of nitrogens with zero attached hydrogens (tertiary/aromatic N) is 1. The molecule has 18 heavy (non-hydrogen) atoms. The number of rotatable bonds is 3. The number of aryl methyl sites for hydroxylation is 1. The predicted octanol–water partition coefficient (Wildman–Crippen LogP) is 1.95. The van der Waals surface area contributed by atoms with E-state index in [-0.39, 0.29) is 17.9 Å². The van der Waals surface area contributed by atoms with Gasteiger partial charge >= 0.3 is 0 Å². The van der Waals surface area contributed by atoms with Crippen LogP contribution in [0.2, 0.25) is 0 Å². The zero-order chi connectivity index (χ0) is 13.1. The predicted molar refractivity (Wildman–Crippen MR) is 70.5 cm³/mol. The highest BCUT2D eigenvalue weighted by molar-refractivity contribution is 5.95. The fourth-order valence-electron chi connectivity index (χ4n) is 2.73. The lowest BCUT2D eigenvalue weighted by molar-refractivity contribution is 0.0451. The Morgan fingerprint density at radius 1 is 1.50 bits per heavy atom. The van der Waals surface area contributed by atoms with Crippen molar-refractivity contribution < 1.29 is 9.90 Å². The number of aromatic nitrogens is 1. The van der Waals surface area contributed by atoms with Gasteiger partial charge in [-0.2, -0.15) is 0 Å². The van der Waals surface area contributed by atoms with Gasteiger partial charge in [-0.05, 0) is 25.8 Å². The number of carbonyl (C=O) groups excluding carboxylic acids is 1. The summed E-state index contributed by atoms with van der Waals surface area (Å²) >= 11 is 0. The van der Waals surface area contributed by atoms with Gasteiger partial charge in [-0.1, -0.05) is 12.8 Å². The van der Waals surface area contributed by atoms with Gasteiger partial charge in [0.05, 0.1) is 11.7 Å². The molecule has 1 amide bonds. The van der Waals surface area contributed by atoms with Crippen molar-refractivity contribution in [2.75, 3.05) is 13.6 Å². The third-order valence-electron chi connectivity index (χ3n) is 3.91. The van der Waals surface area contributed by atoms with Crippen LogP contribution in [0.4, 0.5) is 0 Å².